The van der Waals surface area contributed by atoms with Crippen LogP contribution in [0.15, 0.2) is 57.8 Å². The van der Waals surface area contributed by atoms with E-state index in [1.54, 1.807) is 29.2 Å². The van der Waals surface area contributed by atoms with Crippen LogP contribution in [0.5, 0.6) is 0 Å². The highest BCUT2D eigenvalue weighted by molar-refractivity contribution is 8.16. The molecule has 9 heteroatoms. The van der Waals surface area contributed by atoms with Gasteiger partial charge in [-0.1, -0.05) is 67.8 Å². The van der Waals surface area contributed by atoms with Crippen LogP contribution < -0.4 is 5.32 Å². The van der Waals surface area contributed by atoms with E-state index in [9.17, 15) is 18.0 Å². The second-order valence-corrected chi connectivity index (χ2v) is 11.8. The molecule has 1 aliphatic carbocycles. The monoisotopic (exact) mass is 513 g/mol. The summed E-state index contributed by atoms with van der Waals surface area (Å²) < 4.78 is 30.3. The van der Waals surface area contributed by atoms with Gasteiger partial charge in [-0.05, 0) is 56.0 Å². The number of anilines is 1. The molecular weight excluding hydrogens is 482 g/mol. The maximum atomic E-state index is 13.4. The zero-order valence-corrected chi connectivity index (χ0v) is 21.7. The molecule has 0 radical (unpaired) electrons. The quantitative estimate of drug-likeness (QED) is 0.568. The Bertz CT molecular complexity index is 1200. The van der Waals surface area contributed by atoms with Gasteiger partial charge < -0.3 is 5.32 Å². The molecule has 1 heterocycles. The van der Waals surface area contributed by atoms with E-state index < -0.39 is 15.3 Å². The predicted molar refractivity (Wildman–Crippen MR) is 140 cm³/mol. The molecule has 1 unspecified atom stereocenters. The molecule has 1 aliphatic heterocycles. The summed E-state index contributed by atoms with van der Waals surface area (Å²) in [5, 5.41) is 2.30. The molecule has 35 heavy (non-hydrogen) atoms. The summed E-state index contributed by atoms with van der Waals surface area (Å²) >= 11 is 1.08. The molecule has 7 nitrogen and oxygen atoms in total. The van der Waals surface area contributed by atoms with Crippen molar-refractivity contribution in [3.8, 4) is 0 Å². The first-order valence-corrected chi connectivity index (χ1v) is 14.4. The number of nitrogens with one attached hydrogen (secondary N) is 1. The van der Waals surface area contributed by atoms with E-state index >= 15 is 0 Å². The molecule has 1 atom stereocenters. The van der Waals surface area contributed by atoms with Gasteiger partial charge in [0.15, 0.2) is 5.17 Å². The number of rotatable bonds is 7. The molecule has 1 N–H and O–H groups in total. The number of amides is 2. The van der Waals surface area contributed by atoms with Crippen LogP contribution in [0.1, 0.15) is 56.6 Å². The summed E-state index contributed by atoms with van der Waals surface area (Å²) in [5.41, 5.74) is 2.77. The molecule has 4 rings (SSSR count). The topological polar surface area (TPSA) is 95.9 Å². The van der Waals surface area contributed by atoms with Crippen LogP contribution in [0.4, 0.5) is 5.69 Å². The van der Waals surface area contributed by atoms with Crippen LogP contribution in [0, 0.1) is 6.92 Å². The molecule has 2 fully saturated rings. The van der Waals surface area contributed by atoms with Crippen molar-refractivity contribution in [1.29, 1.82) is 0 Å². The second kappa shape index (κ2) is 11.0. The predicted octanol–water partition coefficient (Wildman–Crippen LogP) is 4.91. The average molecular weight is 514 g/mol. The molecule has 2 aliphatic rings. The Hall–Kier alpha value is -2.65. The summed E-state index contributed by atoms with van der Waals surface area (Å²) in [6.45, 7) is 3.97. The smallest absolute Gasteiger partial charge is 0.284 e. The molecule has 186 valence electrons. The number of hydrogen-bond acceptors (Lipinski definition) is 5. The fourth-order valence-corrected chi connectivity index (χ4v) is 6.83. The molecule has 1 saturated carbocycles. The van der Waals surface area contributed by atoms with Gasteiger partial charge in [-0.2, -0.15) is 8.42 Å². The molecule has 0 aromatic heterocycles. The number of nitrogens with zero attached hydrogens (tertiary/aromatic N) is 2. The Morgan fingerprint density at radius 3 is 2.34 bits per heavy atom. The molecule has 0 bridgehead atoms. The molecule has 1 saturated heterocycles. The molecular formula is C26H31N3O4S2. The van der Waals surface area contributed by atoms with Crippen molar-refractivity contribution in [2.45, 2.75) is 75.0 Å². The zero-order chi connectivity index (χ0) is 25.0. The van der Waals surface area contributed by atoms with Gasteiger partial charge in [0.05, 0.1) is 4.90 Å². The first kappa shape index (κ1) is 25.4. The van der Waals surface area contributed by atoms with E-state index in [1.807, 2.05) is 38.1 Å². The van der Waals surface area contributed by atoms with Gasteiger partial charge in [-0.3, -0.25) is 14.5 Å². The fourth-order valence-electron chi connectivity index (χ4n) is 4.42. The number of amidine groups is 1. The normalized spacial score (nSPS) is 20.4. The van der Waals surface area contributed by atoms with Gasteiger partial charge in [0.1, 0.15) is 5.25 Å². The number of sulfonamides is 1. The minimum atomic E-state index is -4.00. The lowest BCUT2D eigenvalue weighted by atomic mass is 9.94. The molecule has 2 aromatic rings. The van der Waals surface area contributed by atoms with Crippen LogP contribution in [0.3, 0.4) is 0 Å². The van der Waals surface area contributed by atoms with E-state index in [-0.39, 0.29) is 34.3 Å². The van der Waals surface area contributed by atoms with Gasteiger partial charge in [-0.15, -0.1) is 4.40 Å². The van der Waals surface area contributed by atoms with Crippen LogP contribution in [0.2, 0.25) is 0 Å². The molecule has 2 aromatic carbocycles. The van der Waals surface area contributed by atoms with Gasteiger partial charge >= 0.3 is 0 Å². The van der Waals surface area contributed by atoms with E-state index in [4.69, 9.17) is 0 Å². The first-order valence-electron chi connectivity index (χ1n) is 12.1. The number of hydrogen-bond donors (Lipinski definition) is 1. The average Bonchev–Trinajstić information content (AvgIpc) is 3.14. The number of aryl methyl sites for hydroxylation is 2. The minimum absolute atomic E-state index is 0.0507. The van der Waals surface area contributed by atoms with Gasteiger partial charge in [0.2, 0.25) is 11.8 Å². The third-order valence-corrected chi connectivity index (χ3v) is 8.99. The lowest BCUT2D eigenvalue weighted by Gasteiger charge is -2.30. The zero-order valence-electron chi connectivity index (χ0n) is 20.1. The van der Waals surface area contributed by atoms with E-state index in [0.29, 0.717) is 5.69 Å². The van der Waals surface area contributed by atoms with Crippen molar-refractivity contribution in [1.82, 2.24) is 4.90 Å². The van der Waals surface area contributed by atoms with Gasteiger partial charge in [-0.25, -0.2) is 0 Å². The highest BCUT2D eigenvalue weighted by Gasteiger charge is 2.43. The third kappa shape index (κ3) is 6.13. The number of carbonyl (C=O) groups is 2. The van der Waals surface area contributed by atoms with Crippen LogP contribution in [-0.2, 0) is 26.0 Å². The molecule has 0 spiro atoms. The maximum absolute atomic E-state index is 13.4. The van der Waals surface area contributed by atoms with Crippen molar-refractivity contribution < 1.29 is 18.0 Å². The van der Waals surface area contributed by atoms with Crippen LogP contribution in [0.25, 0.3) is 0 Å². The van der Waals surface area contributed by atoms with Gasteiger partial charge in [0.25, 0.3) is 10.0 Å². The highest BCUT2D eigenvalue weighted by atomic mass is 32.2. The van der Waals surface area contributed by atoms with E-state index in [0.717, 1.165) is 61.4 Å². The minimum Gasteiger partial charge on any atom is -0.326 e. The van der Waals surface area contributed by atoms with Crippen molar-refractivity contribution in [3.63, 3.8) is 0 Å². The summed E-state index contributed by atoms with van der Waals surface area (Å²) in [6, 6.07) is 14.0. The van der Waals surface area contributed by atoms with Crippen LogP contribution in [-0.4, -0.2) is 41.6 Å². The van der Waals surface area contributed by atoms with Crippen molar-refractivity contribution in [2.75, 3.05) is 5.32 Å². The standard InChI is InChI=1S/C26H31N3O4S2/c1-3-19-11-15-22(16-12-19)35(32,33)28-26-29(21-7-5-4-6-8-21)25(31)23(34-26)17-24(30)27-20-13-9-18(2)10-14-20/h9-16,21,23H,3-8,17H2,1-2H3,(H,27,30)/b28-26+. The Morgan fingerprint density at radius 2 is 1.71 bits per heavy atom. The SMILES string of the molecule is CCc1ccc(S(=O)(=O)/N=C2/SC(CC(=O)Nc3ccc(C)cc3)C(=O)N2C2CCCCC2)cc1. The number of thioether (sulfide) groups is 1. The third-order valence-electron chi connectivity index (χ3n) is 6.44. The Balaban J connectivity index is 1.57. The van der Waals surface area contributed by atoms with E-state index in [2.05, 4.69) is 9.71 Å². The molecule has 2 amide bonds. The van der Waals surface area contributed by atoms with Crippen molar-refractivity contribution in [2.24, 2.45) is 4.40 Å². The Morgan fingerprint density at radius 1 is 1.06 bits per heavy atom. The highest BCUT2D eigenvalue weighted by Crippen LogP contribution is 2.36. The summed E-state index contributed by atoms with van der Waals surface area (Å²) in [7, 11) is -4.00. The Kier molecular flexibility index (Phi) is 7.96. The van der Waals surface area contributed by atoms with Crippen LogP contribution >= 0.6 is 11.8 Å². The Labute approximate surface area is 211 Å². The number of benzene rings is 2. The van der Waals surface area contributed by atoms with Crippen molar-refractivity contribution >= 4 is 44.5 Å². The summed E-state index contributed by atoms with van der Waals surface area (Å²) in [6.07, 6.45) is 5.43. The summed E-state index contributed by atoms with van der Waals surface area (Å²) in [4.78, 5) is 27.7. The summed E-state index contributed by atoms with van der Waals surface area (Å²) in [5.74, 6) is -0.529. The van der Waals surface area contributed by atoms with Gasteiger partial charge in [0, 0.05) is 18.2 Å². The lowest BCUT2D eigenvalue weighted by Crippen LogP contribution is -2.42. The first-order chi connectivity index (χ1) is 16.8. The lowest BCUT2D eigenvalue weighted by molar-refractivity contribution is -0.130. The fraction of sp³-hybridized carbons (Fsp3) is 0.423. The van der Waals surface area contributed by atoms with E-state index in [1.165, 1.54) is 0 Å². The largest absolute Gasteiger partial charge is 0.326 e. The second-order valence-electron chi connectivity index (χ2n) is 9.07. The number of carbonyl (C=O) groups excluding carboxylic acids is 2. The maximum Gasteiger partial charge on any atom is 0.284 e. The van der Waals surface area contributed by atoms with Crippen molar-refractivity contribution in [3.05, 3.63) is 59.7 Å².